The molecule has 0 aromatic heterocycles. The molecule has 8 heteroatoms. The van der Waals surface area contributed by atoms with Crippen LogP contribution in [-0.2, 0) is 9.53 Å². The fourth-order valence-corrected chi connectivity index (χ4v) is 5.60. The van der Waals surface area contributed by atoms with Crippen molar-refractivity contribution in [1.82, 2.24) is 16.0 Å². The van der Waals surface area contributed by atoms with E-state index in [-0.39, 0.29) is 54.3 Å². The van der Waals surface area contributed by atoms with Crippen LogP contribution in [0.4, 0.5) is 13.2 Å². The molecule has 4 rings (SSSR count). The number of amides is 1. The lowest BCUT2D eigenvalue weighted by Crippen LogP contribution is -2.55. The normalized spacial score (nSPS) is 49.7. The molecule has 5 nitrogen and oxygen atoms in total. The average molecular weight is 389 g/mol. The van der Waals surface area contributed by atoms with E-state index in [1.807, 2.05) is 13.8 Å². The third-order valence-corrected chi connectivity index (χ3v) is 6.93. The molecule has 1 saturated carbocycles. The van der Waals surface area contributed by atoms with E-state index in [4.69, 9.17) is 4.74 Å². The van der Waals surface area contributed by atoms with E-state index < -0.39 is 24.6 Å². The quantitative estimate of drug-likeness (QED) is 0.684. The fourth-order valence-electron chi connectivity index (χ4n) is 5.60. The van der Waals surface area contributed by atoms with Crippen molar-refractivity contribution in [2.24, 2.45) is 23.7 Å². The van der Waals surface area contributed by atoms with Crippen molar-refractivity contribution < 1.29 is 22.7 Å². The first kappa shape index (κ1) is 19.5. The second-order valence-corrected chi connectivity index (χ2v) is 8.94. The number of carbonyl (C=O) groups excluding carboxylic acids is 1. The van der Waals surface area contributed by atoms with Crippen LogP contribution in [0.25, 0.3) is 0 Å². The first-order chi connectivity index (χ1) is 12.9. The van der Waals surface area contributed by atoms with E-state index in [0.29, 0.717) is 13.2 Å². The maximum Gasteiger partial charge on any atom is 0.226 e. The molecule has 4 aliphatic rings. The molecule has 27 heavy (non-hydrogen) atoms. The van der Waals surface area contributed by atoms with Crippen LogP contribution >= 0.6 is 0 Å². The Labute approximate surface area is 158 Å². The largest absolute Gasteiger partial charge is 0.362 e. The molecule has 1 aliphatic carbocycles. The van der Waals surface area contributed by atoms with Gasteiger partial charge in [0.1, 0.15) is 18.6 Å². The highest BCUT2D eigenvalue weighted by atomic mass is 19.2. The Hall–Kier alpha value is -0.860. The maximum atomic E-state index is 14.2. The van der Waals surface area contributed by atoms with Gasteiger partial charge in [0.05, 0.1) is 12.5 Å². The minimum atomic E-state index is -2.03. The van der Waals surface area contributed by atoms with Gasteiger partial charge in [0.25, 0.3) is 0 Å². The number of nitrogens with one attached hydrogen (secondary N) is 3. The second kappa shape index (κ2) is 7.52. The summed E-state index contributed by atoms with van der Waals surface area (Å²) in [6.45, 7) is 4.82. The van der Waals surface area contributed by atoms with Crippen molar-refractivity contribution in [2.45, 2.75) is 76.0 Å². The molecule has 0 bridgehead atoms. The molecular weight excluding hydrogens is 359 g/mol. The molecule has 0 spiro atoms. The number of ether oxygens (including phenoxy) is 1. The van der Waals surface area contributed by atoms with Gasteiger partial charge in [-0.3, -0.25) is 10.1 Å². The number of alkyl halides is 3. The van der Waals surface area contributed by atoms with Gasteiger partial charge >= 0.3 is 0 Å². The minimum Gasteiger partial charge on any atom is -0.362 e. The topological polar surface area (TPSA) is 62.4 Å². The molecule has 3 N–H and O–H groups in total. The molecule has 1 amide bonds. The van der Waals surface area contributed by atoms with Gasteiger partial charge in [0, 0.05) is 30.6 Å². The third-order valence-electron chi connectivity index (χ3n) is 6.93. The van der Waals surface area contributed by atoms with Crippen LogP contribution in [0.3, 0.4) is 0 Å². The minimum absolute atomic E-state index is 0.0298. The fraction of sp³-hybridized carbons (Fsp3) is 0.947. The Morgan fingerprint density at radius 3 is 2.63 bits per heavy atom. The van der Waals surface area contributed by atoms with E-state index in [1.54, 1.807) is 0 Å². The van der Waals surface area contributed by atoms with Crippen LogP contribution in [0, 0.1) is 23.7 Å². The van der Waals surface area contributed by atoms with Crippen LogP contribution in [0.5, 0.6) is 0 Å². The first-order valence-electron chi connectivity index (χ1n) is 10.2. The molecular formula is C19H30F3N3O2. The maximum absolute atomic E-state index is 14.2. The summed E-state index contributed by atoms with van der Waals surface area (Å²) in [5.41, 5.74) is 0. The van der Waals surface area contributed by atoms with Crippen molar-refractivity contribution >= 4 is 5.91 Å². The summed E-state index contributed by atoms with van der Waals surface area (Å²) in [6.07, 6.45) is -4.01. The number of halogens is 3. The van der Waals surface area contributed by atoms with Gasteiger partial charge in [0.15, 0.2) is 6.17 Å². The summed E-state index contributed by atoms with van der Waals surface area (Å²) in [5, 5.41) is 9.54. The molecule has 10 atom stereocenters. The molecule has 10 unspecified atom stereocenters. The van der Waals surface area contributed by atoms with Gasteiger partial charge in [-0.05, 0) is 44.9 Å². The Kier molecular flexibility index (Phi) is 5.42. The third kappa shape index (κ3) is 3.49. The standard InChI is InChI=1S/C19H30F3N3O2/c1-8(2)24-18(26)12-7-27-19-9(12)3-4-14(25-19)11-6-23-17-10(11)5-13(20)15(21)16(17)22/h8-17,19,23,25H,3-7H2,1-2H3,(H,24,26). The van der Waals surface area contributed by atoms with Crippen LogP contribution < -0.4 is 16.0 Å². The summed E-state index contributed by atoms with van der Waals surface area (Å²) in [5.74, 6) is -0.172. The van der Waals surface area contributed by atoms with E-state index in [1.165, 1.54) is 0 Å². The monoisotopic (exact) mass is 389 g/mol. The molecule has 3 aliphatic heterocycles. The highest BCUT2D eigenvalue weighted by Crippen LogP contribution is 2.43. The van der Waals surface area contributed by atoms with Crippen molar-refractivity contribution in [3.63, 3.8) is 0 Å². The van der Waals surface area contributed by atoms with Gasteiger partial charge in [-0.1, -0.05) is 0 Å². The van der Waals surface area contributed by atoms with Crippen LogP contribution in [0.15, 0.2) is 0 Å². The van der Waals surface area contributed by atoms with E-state index in [2.05, 4.69) is 16.0 Å². The van der Waals surface area contributed by atoms with Crippen LogP contribution in [0.1, 0.15) is 33.1 Å². The Balaban J connectivity index is 1.39. The van der Waals surface area contributed by atoms with Crippen molar-refractivity contribution in [1.29, 1.82) is 0 Å². The van der Waals surface area contributed by atoms with Gasteiger partial charge < -0.3 is 15.4 Å². The average Bonchev–Trinajstić information content (AvgIpc) is 3.22. The predicted octanol–water partition coefficient (Wildman–Crippen LogP) is 1.47. The van der Waals surface area contributed by atoms with Gasteiger partial charge in [-0.25, -0.2) is 13.2 Å². The molecule has 0 radical (unpaired) electrons. The molecule has 4 fully saturated rings. The zero-order valence-electron chi connectivity index (χ0n) is 15.8. The van der Waals surface area contributed by atoms with Crippen molar-refractivity contribution in [3.05, 3.63) is 0 Å². The van der Waals surface area contributed by atoms with Gasteiger partial charge in [-0.2, -0.15) is 0 Å². The van der Waals surface area contributed by atoms with Crippen LogP contribution in [0.2, 0.25) is 0 Å². The number of fused-ring (bicyclic) bond motifs is 2. The Morgan fingerprint density at radius 2 is 1.89 bits per heavy atom. The van der Waals surface area contributed by atoms with Crippen LogP contribution in [-0.4, -0.2) is 61.9 Å². The SMILES string of the molecule is CC(C)NC(=O)C1COC2NC(C3CNC4C(F)C(F)C(F)CC34)CCC21. The summed E-state index contributed by atoms with van der Waals surface area (Å²) < 4.78 is 47.7. The summed E-state index contributed by atoms with van der Waals surface area (Å²) in [6, 6.07) is -0.447. The lowest BCUT2D eigenvalue weighted by atomic mass is 9.72. The molecule has 154 valence electrons. The smallest absolute Gasteiger partial charge is 0.226 e. The molecule has 0 aromatic rings. The van der Waals surface area contributed by atoms with E-state index >= 15 is 0 Å². The lowest BCUT2D eigenvalue weighted by molar-refractivity contribution is -0.126. The molecule has 0 aromatic carbocycles. The summed E-state index contributed by atoms with van der Waals surface area (Å²) in [4.78, 5) is 12.4. The number of rotatable bonds is 3. The van der Waals surface area contributed by atoms with Gasteiger partial charge in [-0.15, -0.1) is 0 Å². The van der Waals surface area contributed by atoms with E-state index in [0.717, 1.165) is 12.8 Å². The Bertz CT molecular complexity index is 566. The zero-order valence-corrected chi connectivity index (χ0v) is 15.8. The van der Waals surface area contributed by atoms with Crippen molar-refractivity contribution in [3.8, 4) is 0 Å². The zero-order chi connectivity index (χ0) is 19.3. The molecule has 3 saturated heterocycles. The summed E-state index contributed by atoms with van der Waals surface area (Å²) >= 11 is 0. The molecule has 3 heterocycles. The number of carbonyl (C=O) groups is 1. The number of hydrogen-bond donors (Lipinski definition) is 3. The number of piperidine rings is 1. The highest BCUT2D eigenvalue weighted by molar-refractivity contribution is 5.79. The highest BCUT2D eigenvalue weighted by Gasteiger charge is 2.54. The van der Waals surface area contributed by atoms with Gasteiger partial charge in [0.2, 0.25) is 5.91 Å². The van der Waals surface area contributed by atoms with Crippen molar-refractivity contribution in [2.75, 3.05) is 13.2 Å². The number of hydrogen-bond acceptors (Lipinski definition) is 4. The predicted molar refractivity (Wildman–Crippen MR) is 94.2 cm³/mol. The lowest BCUT2D eigenvalue weighted by Gasteiger charge is -2.41. The van der Waals surface area contributed by atoms with E-state index in [9.17, 15) is 18.0 Å². The Morgan fingerprint density at radius 1 is 1.11 bits per heavy atom. The summed E-state index contributed by atoms with van der Waals surface area (Å²) in [7, 11) is 0. The first-order valence-corrected chi connectivity index (χ1v) is 10.2. The second-order valence-electron chi connectivity index (χ2n) is 8.94.